The average Bonchev–Trinajstić information content (AvgIpc) is 3.54. The average molecular weight is 504 g/mol. The fourth-order valence-electron chi connectivity index (χ4n) is 4.40. The van der Waals surface area contributed by atoms with Crippen molar-refractivity contribution in [2.24, 2.45) is 0 Å². The van der Waals surface area contributed by atoms with Crippen LogP contribution in [0.15, 0.2) is 61.2 Å². The molecule has 1 N–H and O–H groups in total. The van der Waals surface area contributed by atoms with E-state index in [0.29, 0.717) is 22.5 Å². The third kappa shape index (κ3) is 5.49. The maximum Gasteiger partial charge on any atom is 0.416 e. The van der Waals surface area contributed by atoms with Gasteiger partial charge in [0.05, 0.1) is 18.0 Å². The van der Waals surface area contributed by atoms with Gasteiger partial charge in [0, 0.05) is 35.8 Å². The molecule has 1 fully saturated rings. The second-order valence-corrected chi connectivity index (χ2v) is 9.03. The van der Waals surface area contributed by atoms with Gasteiger partial charge in [-0.15, -0.1) is 0 Å². The van der Waals surface area contributed by atoms with Crippen molar-refractivity contribution in [2.75, 3.05) is 18.4 Å². The number of likely N-dealkylation sites (tertiary alicyclic amines) is 1. The molecule has 1 amide bonds. The lowest BCUT2D eigenvalue weighted by Gasteiger charge is -2.20. The number of alkyl halides is 3. The van der Waals surface area contributed by atoms with Crippen LogP contribution in [0.3, 0.4) is 0 Å². The van der Waals surface area contributed by atoms with E-state index in [1.165, 1.54) is 12.1 Å². The minimum Gasteiger partial charge on any atom is -0.322 e. The number of nitrogens with zero attached hydrogens (tertiary/aromatic N) is 4. The SMILES string of the molecule is Cc1ccc(C(=O)Nc2ccc(CN3CCCC3)c(C(F)(F)F)c2)cc1C#Cc1cnc2cnccn12. The van der Waals surface area contributed by atoms with Crippen molar-refractivity contribution >= 4 is 17.2 Å². The molecule has 1 aliphatic rings. The predicted molar refractivity (Wildman–Crippen MR) is 134 cm³/mol. The molecule has 0 bridgehead atoms. The van der Waals surface area contributed by atoms with Gasteiger partial charge in [0.1, 0.15) is 5.69 Å². The Morgan fingerprint density at radius 1 is 1.08 bits per heavy atom. The van der Waals surface area contributed by atoms with E-state index in [0.717, 1.165) is 37.6 Å². The zero-order valence-electron chi connectivity index (χ0n) is 20.1. The largest absolute Gasteiger partial charge is 0.416 e. The lowest BCUT2D eigenvalue weighted by Crippen LogP contribution is -2.21. The second-order valence-electron chi connectivity index (χ2n) is 9.03. The molecule has 0 unspecified atom stereocenters. The van der Waals surface area contributed by atoms with Gasteiger partial charge in [0.15, 0.2) is 5.65 Å². The van der Waals surface area contributed by atoms with E-state index in [-0.39, 0.29) is 17.8 Å². The monoisotopic (exact) mass is 503 g/mol. The minimum atomic E-state index is -4.52. The molecule has 1 saturated heterocycles. The molecular weight excluding hydrogens is 479 g/mol. The zero-order chi connectivity index (χ0) is 26.0. The number of imidazole rings is 1. The summed E-state index contributed by atoms with van der Waals surface area (Å²) in [5, 5.41) is 2.61. The van der Waals surface area contributed by atoms with E-state index < -0.39 is 17.6 Å². The van der Waals surface area contributed by atoms with Crippen molar-refractivity contribution in [2.45, 2.75) is 32.5 Å². The Balaban J connectivity index is 1.37. The summed E-state index contributed by atoms with van der Waals surface area (Å²) in [6.07, 6.45) is 4.14. The van der Waals surface area contributed by atoms with Crippen LogP contribution in [-0.2, 0) is 12.7 Å². The number of amides is 1. The first-order valence-corrected chi connectivity index (χ1v) is 11.9. The van der Waals surface area contributed by atoms with E-state index in [1.54, 1.807) is 47.4 Å². The Morgan fingerprint density at radius 3 is 2.68 bits per heavy atom. The molecule has 3 heterocycles. The molecule has 0 atom stereocenters. The van der Waals surface area contributed by atoms with Crippen LogP contribution in [-0.4, -0.2) is 38.3 Å². The number of halogens is 3. The van der Waals surface area contributed by atoms with Crippen LogP contribution in [0.1, 0.15) is 51.1 Å². The van der Waals surface area contributed by atoms with Crippen molar-refractivity contribution in [3.05, 3.63) is 94.7 Å². The first-order valence-electron chi connectivity index (χ1n) is 11.9. The molecule has 0 spiro atoms. The molecule has 0 radical (unpaired) electrons. The predicted octanol–water partition coefficient (Wildman–Crippen LogP) is 5.30. The smallest absolute Gasteiger partial charge is 0.322 e. The molecular formula is C28H24F3N5O. The number of aryl methyl sites for hydroxylation is 1. The molecule has 4 aromatic rings. The van der Waals surface area contributed by atoms with Gasteiger partial charge >= 0.3 is 6.18 Å². The van der Waals surface area contributed by atoms with Crippen molar-refractivity contribution in [3.8, 4) is 11.8 Å². The van der Waals surface area contributed by atoms with Gasteiger partial charge in [-0.1, -0.05) is 18.1 Å². The van der Waals surface area contributed by atoms with Gasteiger partial charge in [-0.25, -0.2) is 4.98 Å². The van der Waals surface area contributed by atoms with Crippen LogP contribution >= 0.6 is 0 Å². The highest BCUT2D eigenvalue weighted by molar-refractivity contribution is 6.04. The molecule has 0 aliphatic carbocycles. The topological polar surface area (TPSA) is 62.5 Å². The number of nitrogens with one attached hydrogen (secondary N) is 1. The third-order valence-corrected chi connectivity index (χ3v) is 6.41. The summed E-state index contributed by atoms with van der Waals surface area (Å²) in [6, 6.07) is 9.01. The lowest BCUT2D eigenvalue weighted by molar-refractivity contribution is -0.138. The molecule has 37 heavy (non-hydrogen) atoms. The Bertz CT molecular complexity index is 1520. The van der Waals surface area contributed by atoms with E-state index >= 15 is 0 Å². The van der Waals surface area contributed by atoms with Crippen LogP contribution in [0.4, 0.5) is 18.9 Å². The molecule has 1 aliphatic heterocycles. The van der Waals surface area contributed by atoms with Gasteiger partial charge < -0.3 is 5.32 Å². The van der Waals surface area contributed by atoms with Crippen LogP contribution in [0.25, 0.3) is 5.65 Å². The number of hydrogen-bond donors (Lipinski definition) is 1. The minimum absolute atomic E-state index is 0.0926. The van der Waals surface area contributed by atoms with Crippen LogP contribution in [0.2, 0.25) is 0 Å². The number of carbonyl (C=O) groups is 1. The summed E-state index contributed by atoms with van der Waals surface area (Å²) in [7, 11) is 0. The second kappa shape index (κ2) is 10.1. The first kappa shape index (κ1) is 24.5. The van der Waals surface area contributed by atoms with Crippen molar-refractivity contribution in [3.63, 3.8) is 0 Å². The molecule has 5 rings (SSSR count). The number of fused-ring (bicyclic) bond motifs is 1. The Morgan fingerprint density at radius 2 is 1.89 bits per heavy atom. The highest BCUT2D eigenvalue weighted by Crippen LogP contribution is 2.35. The maximum atomic E-state index is 13.8. The molecule has 2 aromatic carbocycles. The Hall–Kier alpha value is -4.16. The summed E-state index contributed by atoms with van der Waals surface area (Å²) in [4.78, 5) is 23.2. The molecule has 0 saturated carbocycles. The number of benzene rings is 2. The highest BCUT2D eigenvalue weighted by atomic mass is 19.4. The molecule has 2 aromatic heterocycles. The molecule has 188 valence electrons. The Labute approximate surface area is 212 Å². The summed E-state index contributed by atoms with van der Waals surface area (Å²) in [6.45, 7) is 3.71. The normalized spacial score (nSPS) is 13.9. The first-order chi connectivity index (χ1) is 17.8. The third-order valence-electron chi connectivity index (χ3n) is 6.41. The summed E-state index contributed by atoms with van der Waals surface area (Å²) < 4.78 is 43.2. The quantitative estimate of drug-likeness (QED) is 0.384. The van der Waals surface area contributed by atoms with Crippen LogP contribution < -0.4 is 5.32 Å². The van der Waals surface area contributed by atoms with Gasteiger partial charge in [-0.3, -0.25) is 19.1 Å². The maximum absolute atomic E-state index is 13.8. The standard InChI is InChI=1S/C28H24F3N5O/c1-19-4-5-21(14-20(19)7-9-24-16-33-26-17-32-10-13-36(24)26)27(37)34-23-8-6-22(18-35-11-2-3-12-35)25(15-23)28(29,30)31/h4-6,8,10,13-17H,2-3,11-12,18H2,1H3,(H,34,37). The molecule has 9 heteroatoms. The van der Waals surface area contributed by atoms with Gasteiger partial charge in [-0.05, 0) is 74.2 Å². The number of anilines is 1. The van der Waals surface area contributed by atoms with E-state index in [4.69, 9.17) is 0 Å². The fourth-order valence-corrected chi connectivity index (χ4v) is 4.40. The van der Waals surface area contributed by atoms with Gasteiger partial charge in [0.25, 0.3) is 5.91 Å². The van der Waals surface area contributed by atoms with E-state index in [2.05, 4.69) is 27.1 Å². The van der Waals surface area contributed by atoms with Gasteiger partial charge in [-0.2, -0.15) is 13.2 Å². The summed E-state index contributed by atoms with van der Waals surface area (Å²) in [5.41, 5.74) is 2.71. The number of hydrogen-bond acceptors (Lipinski definition) is 4. The zero-order valence-corrected chi connectivity index (χ0v) is 20.1. The van der Waals surface area contributed by atoms with Gasteiger partial charge in [0.2, 0.25) is 0 Å². The van der Waals surface area contributed by atoms with Crippen LogP contribution in [0, 0.1) is 18.8 Å². The lowest BCUT2D eigenvalue weighted by atomic mass is 10.0. The van der Waals surface area contributed by atoms with Crippen molar-refractivity contribution < 1.29 is 18.0 Å². The Kier molecular flexibility index (Phi) is 6.68. The number of aromatic nitrogens is 3. The highest BCUT2D eigenvalue weighted by Gasteiger charge is 2.34. The van der Waals surface area contributed by atoms with Crippen LogP contribution in [0.5, 0.6) is 0 Å². The van der Waals surface area contributed by atoms with E-state index in [1.807, 2.05) is 11.8 Å². The summed E-state index contributed by atoms with van der Waals surface area (Å²) in [5.74, 6) is 5.63. The van der Waals surface area contributed by atoms with Crippen molar-refractivity contribution in [1.82, 2.24) is 19.3 Å². The fraction of sp³-hybridized carbons (Fsp3) is 0.250. The number of rotatable bonds is 4. The molecule has 6 nitrogen and oxygen atoms in total. The summed E-state index contributed by atoms with van der Waals surface area (Å²) >= 11 is 0. The van der Waals surface area contributed by atoms with E-state index in [9.17, 15) is 18.0 Å². The van der Waals surface area contributed by atoms with Crippen molar-refractivity contribution in [1.29, 1.82) is 0 Å². The number of carbonyl (C=O) groups excluding carboxylic acids is 1.